The Kier molecular flexibility index (Phi) is 6.88. The van der Waals surface area contributed by atoms with Crippen LogP contribution in [0.25, 0.3) is 22.4 Å². The standard InChI is InChI=1S/C26H27ClN2O2/c1-31-22-12-8-20(9-13-22)24-15-14-23(19-6-10-21(27)11-7-19)25(28-24)16-18-29-17-4-2-3-5-26(29)30/h6-15H,2-5,16-18H2,1H3. The van der Waals surface area contributed by atoms with Gasteiger partial charge < -0.3 is 9.64 Å². The lowest BCUT2D eigenvalue weighted by Gasteiger charge is -2.21. The van der Waals surface area contributed by atoms with Gasteiger partial charge in [0.05, 0.1) is 18.5 Å². The summed E-state index contributed by atoms with van der Waals surface area (Å²) in [6, 6.07) is 19.9. The molecule has 0 unspecified atom stereocenters. The lowest BCUT2D eigenvalue weighted by molar-refractivity contribution is -0.130. The van der Waals surface area contributed by atoms with Gasteiger partial charge >= 0.3 is 0 Å². The van der Waals surface area contributed by atoms with Gasteiger partial charge in [-0.2, -0.15) is 0 Å². The largest absolute Gasteiger partial charge is 0.497 e. The first-order chi connectivity index (χ1) is 15.1. The SMILES string of the molecule is COc1ccc(-c2ccc(-c3ccc(Cl)cc3)c(CCN3CCCCCC3=O)n2)cc1. The van der Waals surface area contributed by atoms with Crippen molar-refractivity contribution in [1.82, 2.24) is 9.88 Å². The topological polar surface area (TPSA) is 42.4 Å². The smallest absolute Gasteiger partial charge is 0.222 e. The molecule has 1 aromatic heterocycles. The van der Waals surface area contributed by atoms with E-state index >= 15 is 0 Å². The highest BCUT2D eigenvalue weighted by Gasteiger charge is 2.18. The zero-order valence-corrected chi connectivity index (χ0v) is 18.6. The first-order valence-corrected chi connectivity index (χ1v) is 11.2. The summed E-state index contributed by atoms with van der Waals surface area (Å²) in [6.07, 6.45) is 4.58. The van der Waals surface area contributed by atoms with Crippen LogP contribution >= 0.6 is 11.6 Å². The summed E-state index contributed by atoms with van der Waals surface area (Å²) in [6.45, 7) is 1.53. The summed E-state index contributed by atoms with van der Waals surface area (Å²) in [5, 5.41) is 0.711. The lowest BCUT2D eigenvalue weighted by atomic mass is 10.00. The number of carbonyl (C=O) groups is 1. The van der Waals surface area contributed by atoms with Crippen LogP contribution in [0.4, 0.5) is 0 Å². The predicted octanol–water partition coefficient (Wildman–Crippen LogP) is 6.02. The zero-order chi connectivity index (χ0) is 21.6. The average Bonchev–Trinajstić information content (AvgIpc) is 3.02. The van der Waals surface area contributed by atoms with Crippen LogP contribution in [0.2, 0.25) is 5.02 Å². The van der Waals surface area contributed by atoms with Crippen LogP contribution < -0.4 is 4.74 Å². The van der Waals surface area contributed by atoms with Crippen molar-refractivity contribution in [3.05, 3.63) is 71.4 Å². The molecule has 2 aromatic carbocycles. The Morgan fingerprint density at radius 1 is 0.935 bits per heavy atom. The van der Waals surface area contributed by atoms with Crippen molar-refractivity contribution in [3.8, 4) is 28.1 Å². The Hall–Kier alpha value is -2.85. The van der Waals surface area contributed by atoms with Crippen LogP contribution in [0.5, 0.6) is 5.75 Å². The Labute approximate surface area is 188 Å². The first kappa shape index (κ1) is 21.4. The molecular weight excluding hydrogens is 408 g/mol. The van der Waals surface area contributed by atoms with Gasteiger partial charge in [0.2, 0.25) is 5.91 Å². The van der Waals surface area contributed by atoms with Crippen LogP contribution in [0.3, 0.4) is 0 Å². The zero-order valence-electron chi connectivity index (χ0n) is 17.8. The quantitative estimate of drug-likeness (QED) is 0.476. The second-order valence-electron chi connectivity index (χ2n) is 7.87. The normalized spacial score (nSPS) is 14.4. The molecule has 1 fully saturated rings. The molecule has 0 bridgehead atoms. The molecule has 4 rings (SSSR count). The van der Waals surface area contributed by atoms with Gasteiger partial charge in [-0.05, 0) is 60.9 Å². The van der Waals surface area contributed by atoms with Crippen molar-refractivity contribution in [2.75, 3.05) is 20.2 Å². The van der Waals surface area contributed by atoms with E-state index in [1.165, 1.54) is 0 Å². The van der Waals surface area contributed by atoms with Crippen molar-refractivity contribution in [2.45, 2.75) is 32.1 Å². The molecule has 2 heterocycles. The van der Waals surface area contributed by atoms with E-state index in [2.05, 4.69) is 6.07 Å². The molecule has 1 aliphatic rings. The Balaban J connectivity index is 1.65. The van der Waals surface area contributed by atoms with Gasteiger partial charge in [-0.15, -0.1) is 0 Å². The highest BCUT2D eigenvalue weighted by molar-refractivity contribution is 6.30. The number of methoxy groups -OCH3 is 1. The van der Waals surface area contributed by atoms with Crippen LogP contribution in [0, 0.1) is 0 Å². The number of pyridine rings is 1. The van der Waals surface area contributed by atoms with Crippen molar-refractivity contribution in [1.29, 1.82) is 0 Å². The molecule has 0 N–H and O–H groups in total. The molecule has 31 heavy (non-hydrogen) atoms. The van der Waals surface area contributed by atoms with Crippen molar-refractivity contribution in [3.63, 3.8) is 0 Å². The number of halogens is 1. The number of nitrogens with zero attached hydrogens (tertiary/aromatic N) is 2. The maximum atomic E-state index is 12.5. The average molecular weight is 435 g/mol. The molecule has 0 atom stereocenters. The lowest BCUT2D eigenvalue weighted by Crippen LogP contribution is -2.32. The number of benzene rings is 2. The number of rotatable bonds is 6. The number of aromatic nitrogens is 1. The van der Waals surface area contributed by atoms with E-state index in [1.807, 2.05) is 59.5 Å². The van der Waals surface area contributed by atoms with Gasteiger partial charge in [0, 0.05) is 42.1 Å². The summed E-state index contributed by atoms with van der Waals surface area (Å²) >= 11 is 6.09. The first-order valence-electron chi connectivity index (χ1n) is 10.8. The fourth-order valence-corrected chi connectivity index (χ4v) is 4.15. The molecular formula is C26H27ClN2O2. The third kappa shape index (κ3) is 5.26. The molecule has 0 radical (unpaired) electrons. The number of hydrogen-bond donors (Lipinski definition) is 0. The number of amides is 1. The highest BCUT2D eigenvalue weighted by atomic mass is 35.5. The number of ether oxygens (including phenoxy) is 1. The van der Waals surface area contributed by atoms with Crippen molar-refractivity contribution >= 4 is 17.5 Å². The fourth-order valence-electron chi connectivity index (χ4n) is 4.02. The molecule has 160 valence electrons. The maximum absolute atomic E-state index is 12.5. The monoisotopic (exact) mass is 434 g/mol. The van der Waals surface area contributed by atoms with E-state index in [0.717, 1.165) is 59.6 Å². The van der Waals surface area contributed by atoms with Gasteiger partial charge in [0.25, 0.3) is 0 Å². The van der Waals surface area contributed by atoms with Gasteiger partial charge in [0.1, 0.15) is 5.75 Å². The van der Waals surface area contributed by atoms with E-state index in [0.29, 0.717) is 24.4 Å². The number of hydrogen-bond acceptors (Lipinski definition) is 3. The van der Waals surface area contributed by atoms with Crippen LogP contribution in [0.15, 0.2) is 60.7 Å². The van der Waals surface area contributed by atoms with Crippen LogP contribution in [0.1, 0.15) is 31.4 Å². The number of likely N-dealkylation sites (tertiary alicyclic amines) is 1. The fraction of sp³-hybridized carbons (Fsp3) is 0.308. The van der Waals surface area contributed by atoms with Gasteiger partial charge in [0.15, 0.2) is 0 Å². The summed E-state index contributed by atoms with van der Waals surface area (Å²) in [4.78, 5) is 19.5. The number of carbonyl (C=O) groups excluding carboxylic acids is 1. The minimum atomic E-state index is 0.261. The maximum Gasteiger partial charge on any atom is 0.222 e. The van der Waals surface area contributed by atoms with Gasteiger partial charge in [-0.1, -0.05) is 36.2 Å². The molecule has 5 heteroatoms. The van der Waals surface area contributed by atoms with E-state index < -0.39 is 0 Å². The highest BCUT2D eigenvalue weighted by Crippen LogP contribution is 2.29. The van der Waals surface area contributed by atoms with Crippen molar-refractivity contribution in [2.24, 2.45) is 0 Å². The van der Waals surface area contributed by atoms with Crippen molar-refractivity contribution < 1.29 is 9.53 Å². The van der Waals surface area contributed by atoms with E-state index in [-0.39, 0.29) is 5.91 Å². The van der Waals surface area contributed by atoms with E-state index in [4.69, 9.17) is 21.3 Å². The second-order valence-corrected chi connectivity index (χ2v) is 8.30. The Morgan fingerprint density at radius 2 is 1.68 bits per heavy atom. The van der Waals surface area contributed by atoms with E-state index in [1.54, 1.807) is 7.11 Å². The third-order valence-electron chi connectivity index (χ3n) is 5.81. The molecule has 0 saturated carbocycles. The molecule has 0 aliphatic carbocycles. The van der Waals surface area contributed by atoms with Crippen LogP contribution in [-0.4, -0.2) is 36.0 Å². The molecule has 0 spiro atoms. The Bertz CT molecular complexity index is 1030. The molecule has 4 nitrogen and oxygen atoms in total. The molecule has 1 saturated heterocycles. The van der Waals surface area contributed by atoms with Crippen LogP contribution in [-0.2, 0) is 11.2 Å². The molecule has 3 aromatic rings. The van der Waals surface area contributed by atoms with E-state index in [9.17, 15) is 4.79 Å². The second kappa shape index (κ2) is 9.97. The summed E-state index contributed by atoms with van der Waals surface area (Å²) < 4.78 is 5.27. The molecule has 1 aliphatic heterocycles. The van der Waals surface area contributed by atoms with Gasteiger partial charge in [-0.3, -0.25) is 9.78 Å². The van der Waals surface area contributed by atoms with Gasteiger partial charge in [-0.25, -0.2) is 0 Å². The minimum Gasteiger partial charge on any atom is -0.497 e. The summed E-state index contributed by atoms with van der Waals surface area (Å²) in [7, 11) is 1.66. The molecule has 1 amide bonds. The Morgan fingerprint density at radius 3 is 2.42 bits per heavy atom. The minimum absolute atomic E-state index is 0.261. The summed E-state index contributed by atoms with van der Waals surface area (Å²) in [5.74, 6) is 1.08. The summed E-state index contributed by atoms with van der Waals surface area (Å²) in [5.41, 5.74) is 5.10. The predicted molar refractivity (Wildman–Crippen MR) is 125 cm³/mol. The third-order valence-corrected chi connectivity index (χ3v) is 6.06.